The first-order valence-electron chi connectivity index (χ1n) is 4.90. The molecule has 1 fully saturated rings. The first-order chi connectivity index (χ1) is 6.33. The summed E-state index contributed by atoms with van der Waals surface area (Å²) in [6.45, 7) is 4.62. The Morgan fingerprint density at radius 3 is 3.15 bits per heavy atom. The van der Waals surface area contributed by atoms with E-state index >= 15 is 0 Å². The zero-order valence-electron chi connectivity index (χ0n) is 8.14. The van der Waals surface area contributed by atoms with Crippen LogP contribution in [0.5, 0.6) is 0 Å². The molecule has 1 saturated heterocycles. The molecule has 0 spiro atoms. The Kier molecular flexibility index (Phi) is 4.78. The van der Waals surface area contributed by atoms with Crippen LogP contribution in [-0.4, -0.2) is 38.3 Å². The molecule has 13 heavy (non-hydrogen) atoms. The fourth-order valence-corrected chi connectivity index (χ4v) is 1.44. The van der Waals surface area contributed by atoms with Crippen LogP contribution < -0.4 is 10.6 Å². The second-order valence-corrected chi connectivity index (χ2v) is 3.25. The van der Waals surface area contributed by atoms with Crippen molar-refractivity contribution >= 4 is 5.91 Å². The van der Waals surface area contributed by atoms with Crippen molar-refractivity contribution in [3.8, 4) is 0 Å². The van der Waals surface area contributed by atoms with Crippen LogP contribution in [0.1, 0.15) is 19.8 Å². The van der Waals surface area contributed by atoms with Gasteiger partial charge in [-0.05, 0) is 26.3 Å². The van der Waals surface area contributed by atoms with Gasteiger partial charge in [0.25, 0.3) is 0 Å². The Balaban J connectivity index is 2.11. The lowest BCUT2D eigenvalue weighted by Crippen LogP contribution is -2.46. The van der Waals surface area contributed by atoms with Gasteiger partial charge < -0.3 is 15.4 Å². The highest BCUT2D eigenvalue weighted by Crippen LogP contribution is 2.00. The van der Waals surface area contributed by atoms with Gasteiger partial charge in [0, 0.05) is 19.2 Å². The predicted molar refractivity (Wildman–Crippen MR) is 50.5 cm³/mol. The lowest BCUT2D eigenvalue weighted by Gasteiger charge is -2.23. The summed E-state index contributed by atoms with van der Waals surface area (Å²) < 4.78 is 5.00. The molecule has 0 bridgehead atoms. The summed E-state index contributed by atoms with van der Waals surface area (Å²) in [7, 11) is 0. The zero-order valence-corrected chi connectivity index (χ0v) is 8.14. The van der Waals surface area contributed by atoms with E-state index in [1.807, 2.05) is 6.92 Å². The molecule has 1 aliphatic rings. The Labute approximate surface area is 79.0 Å². The van der Waals surface area contributed by atoms with Gasteiger partial charge in [0.2, 0.25) is 5.91 Å². The molecule has 2 N–H and O–H groups in total. The van der Waals surface area contributed by atoms with Gasteiger partial charge in [-0.1, -0.05) is 0 Å². The second kappa shape index (κ2) is 5.94. The van der Waals surface area contributed by atoms with Crippen molar-refractivity contribution in [2.24, 2.45) is 0 Å². The maximum absolute atomic E-state index is 11.2. The Hall–Kier alpha value is -0.610. The summed E-state index contributed by atoms with van der Waals surface area (Å²) in [6.07, 6.45) is 2.21. The van der Waals surface area contributed by atoms with Gasteiger partial charge >= 0.3 is 0 Å². The summed E-state index contributed by atoms with van der Waals surface area (Å²) in [4.78, 5) is 11.2. The van der Waals surface area contributed by atoms with E-state index in [2.05, 4.69) is 10.6 Å². The molecule has 4 heteroatoms. The molecule has 0 radical (unpaired) electrons. The van der Waals surface area contributed by atoms with Gasteiger partial charge in [0.05, 0.1) is 0 Å². The van der Waals surface area contributed by atoms with Crippen LogP contribution in [0, 0.1) is 0 Å². The normalized spacial score (nSPS) is 22.7. The first kappa shape index (κ1) is 10.5. The number of rotatable bonds is 4. The predicted octanol–water partition coefficient (Wildman–Crippen LogP) is -0.109. The van der Waals surface area contributed by atoms with E-state index in [1.54, 1.807) is 0 Å². The molecular weight excluding hydrogens is 168 g/mol. The van der Waals surface area contributed by atoms with Crippen LogP contribution in [0.2, 0.25) is 0 Å². The van der Waals surface area contributed by atoms with E-state index in [0.29, 0.717) is 12.6 Å². The van der Waals surface area contributed by atoms with Crippen molar-refractivity contribution in [2.75, 3.05) is 26.3 Å². The summed E-state index contributed by atoms with van der Waals surface area (Å²) in [5.74, 6) is -0.00412. The number of nitrogens with one attached hydrogen (secondary N) is 2. The minimum atomic E-state index is -0.00412. The average molecular weight is 186 g/mol. The summed E-state index contributed by atoms with van der Waals surface area (Å²) >= 11 is 0. The molecule has 76 valence electrons. The van der Waals surface area contributed by atoms with Crippen LogP contribution in [0.25, 0.3) is 0 Å². The largest absolute Gasteiger partial charge is 0.372 e. The smallest absolute Gasteiger partial charge is 0.246 e. The van der Waals surface area contributed by atoms with Crippen molar-refractivity contribution in [1.29, 1.82) is 0 Å². The zero-order chi connectivity index (χ0) is 9.52. The van der Waals surface area contributed by atoms with Crippen molar-refractivity contribution in [2.45, 2.75) is 25.8 Å². The van der Waals surface area contributed by atoms with Crippen LogP contribution in [-0.2, 0) is 9.53 Å². The molecule has 1 aliphatic heterocycles. The van der Waals surface area contributed by atoms with Gasteiger partial charge in [-0.15, -0.1) is 0 Å². The number of piperidine rings is 1. The van der Waals surface area contributed by atoms with E-state index in [1.165, 1.54) is 0 Å². The van der Waals surface area contributed by atoms with Gasteiger partial charge in [-0.25, -0.2) is 0 Å². The first-order valence-corrected chi connectivity index (χ1v) is 4.90. The van der Waals surface area contributed by atoms with Crippen molar-refractivity contribution in [3.05, 3.63) is 0 Å². The highest BCUT2D eigenvalue weighted by atomic mass is 16.5. The molecule has 0 saturated carbocycles. The molecule has 0 aliphatic carbocycles. The van der Waals surface area contributed by atoms with E-state index in [9.17, 15) is 4.79 Å². The molecule has 1 rings (SSSR count). The molecule has 4 nitrogen and oxygen atoms in total. The lowest BCUT2D eigenvalue weighted by atomic mass is 10.1. The van der Waals surface area contributed by atoms with Crippen molar-refractivity contribution < 1.29 is 9.53 Å². The quantitative estimate of drug-likeness (QED) is 0.644. The van der Waals surface area contributed by atoms with Gasteiger partial charge in [-0.2, -0.15) is 0 Å². The highest BCUT2D eigenvalue weighted by Gasteiger charge is 2.14. The standard InChI is InChI=1S/C9H18N2O2/c1-2-13-7-9(12)11-8-4-3-5-10-6-8/h8,10H,2-7H2,1H3,(H,11,12)/t8-/m0/s1. The topological polar surface area (TPSA) is 50.4 Å². The molecule has 0 aromatic rings. The number of hydrogen-bond donors (Lipinski definition) is 2. The molecule has 1 amide bonds. The monoisotopic (exact) mass is 186 g/mol. The van der Waals surface area contributed by atoms with Crippen molar-refractivity contribution in [1.82, 2.24) is 10.6 Å². The van der Waals surface area contributed by atoms with Crippen LogP contribution in [0.15, 0.2) is 0 Å². The SMILES string of the molecule is CCOCC(=O)N[C@H]1CCCNC1. The number of amides is 1. The van der Waals surface area contributed by atoms with E-state index in [-0.39, 0.29) is 12.5 Å². The third-order valence-corrected chi connectivity index (χ3v) is 2.10. The Morgan fingerprint density at radius 2 is 2.54 bits per heavy atom. The molecule has 0 aromatic heterocycles. The molecule has 1 atom stereocenters. The van der Waals surface area contributed by atoms with Gasteiger partial charge in [-0.3, -0.25) is 4.79 Å². The maximum atomic E-state index is 11.2. The Bertz CT molecular complexity index is 156. The summed E-state index contributed by atoms with van der Waals surface area (Å²) in [5, 5.41) is 6.17. The van der Waals surface area contributed by atoms with E-state index in [4.69, 9.17) is 4.74 Å². The Morgan fingerprint density at radius 1 is 1.69 bits per heavy atom. The lowest BCUT2D eigenvalue weighted by molar-refractivity contribution is -0.126. The third-order valence-electron chi connectivity index (χ3n) is 2.10. The summed E-state index contributed by atoms with van der Waals surface area (Å²) in [6, 6.07) is 0.293. The van der Waals surface area contributed by atoms with Crippen LogP contribution >= 0.6 is 0 Å². The minimum Gasteiger partial charge on any atom is -0.372 e. The van der Waals surface area contributed by atoms with E-state index < -0.39 is 0 Å². The van der Waals surface area contributed by atoms with Gasteiger partial charge in [0.15, 0.2) is 0 Å². The fraction of sp³-hybridized carbons (Fsp3) is 0.889. The third kappa shape index (κ3) is 4.24. The number of hydrogen-bond acceptors (Lipinski definition) is 3. The van der Waals surface area contributed by atoms with Crippen LogP contribution in [0.3, 0.4) is 0 Å². The molecule has 0 unspecified atom stereocenters. The molecular formula is C9H18N2O2. The van der Waals surface area contributed by atoms with Crippen LogP contribution in [0.4, 0.5) is 0 Å². The number of carbonyl (C=O) groups is 1. The second-order valence-electron chi connectivity index (χ2n) is 3.25. The minimum absolute atomic E-state index is 0.00412. The average Bonchev–Trinajstić information content (AvgIpc) is 2.16. The maximum Gasteiger partial charge on any atom is 0.246 e. The molecule has 1 heterocycles. The fourth-order valence-electron chi connectivity index (χ4n) is 1.44. The number of ether oxygens (including phenoxy) is 1. The molecule has 0 aromatic carbocycles. The summed E-state index contributed by atoms with van der Waals surface area (Å²) in [5.41, 5.74) is 0. The number of carbonyl (C=O) groups excluding carboxylic acids is 1. The van der Waals surface area contributed by atoms with Gasteiger partial charge in [0.1, 0.15) is 6.61 Å². The van der Waals surface area contributed by atoms with E-state index in [0.717, 1.165) is 25.9 Å². The highest BCUT2D eigenvalue weighted by molar-refractivity contribution is 5.77. The van der Waals surface area contributed by atoms with Crippen molar-refractivity contribution in [3.63, 3.8) is 0 Å².